The van der Waals surface area contributed by atoms with Gasteiger partial charge in [0.1, 0.15) is 0 Å². The predicted molar refractivity (Wildman–Crippen MR) is 91.1 cm³/mol. The fraction of sp³-hybridized carbons (Fsp3) is 0.158. The van der Waals surface area contributed by atoms with Crippen LogP contribution < -0.4 is 0 Å². The first-order valence-electron chi connectivity index (χ1n) is 7.50. The zero-order valence-corrected chi connectivity index (χ0v) is 12.8. The van der Waals surface area contributed by atoms with Crippen LogP contribution >= 0.6 is 0 Å². The van der Waals surface area contributed by atoms with Gasteiger partial charge in [-0.2, -0.15) is 0 Å². The van der Waals surface area contributed by atoms with Gasteiger partial charge in [0.15, 0.2) is 11.6 Å². The summed E-state index contributed by atoms with van der Waals surface area (Å²) in [6.07, 6.45) is 4.11. The molecule has 22 heavy (non-hydrogen) atoms. The molecule has 0 amide bonds. The Morgan fingerprint density at radius 2 is 1.45 bits per heavy atom. The van der Waals surface area contributed by atoms with Crippen LogP contribution in [0.2, 0.25) is 0 Å². The largest absolute Gasteiger partial charge is 0.220 e. The topological polar surface area (TPSA) is 30.7 Å². The summed E-state index contributed by atoms with van der Waals surface area (Å²) in [4.78, 5) is 4.73. The molecule has 0 saturated carbocycles. The quantitative estimate of drug-likeness (QED) is 0.694. The second-order valence-electron chi connectivity index (χ2n) is 5.52. The Morgan fingerprint density at radius 1 is 0.864 bits per heavy atom. The fourth-order valence-electron chi connectivity index (χ4n) is 2.17. The third kappa shape index (κ3) is 3.14. The molecule has 0 aliphatic carbocycles. The third-order valence-electron chi connectivity index (χ3n) is 3.31. The molecule has 110 valence electrons. The van der Waals surface area contributed by atoms with E-state index in [1.54, 1.807) is 0 Å². The van der Waals surface area contributed by atoms with Gasteiger partial charge in [-0.3, -0.25) is 0 Å². The van der Waals surface area contributed by atoms with Crippen molar-refractivity contribution in [3.63, 3.8) is 0 Å². The molecule has 0 N–H and O–H groups in total. The van der Waals surface area contributed by atoms with Crippen LogP contribution in [0, 0.1) is 5.92 Å². The van der Waals surface area contributed by atoms with Crippen molar-refractivity contribution >= 4 is 6.20 Å². The standard InChI is InChI=1S/C19H19N3/c1-15(2)13-14-22-19(17-11-7-4-8-12-17)20-18(21-22)16-9-5-3-6-10-16/h3-15H,1-2H3/b14-13+. The number of nitrogens with zero attached hydrogens (tertiary/aromatic N) is 3. The highest BCUT2D eigenvalue weighted by Crippen LogP contribution is 2.22. The minimum absolute atomic E-state index is 0.466. The van der Waals surface area contributed by atoms with Gasteiger partial charge < -0.3 is 0 Å². The minimum Gasteiger partial charge on any atom is -0.220 e. The summed E-state index contributed by atoms with van der Waals surface area (Å²) in [6.45, 7) is 4.29. The minimum atomic E-state index is 0.466. The lowest BCUT2D eigenvalue weighted by Gasteiger charge is -2.01. The average Bonchev–Trinajstić information content (AvgIpc) is 2.99. The van der Waals surface area contributed by atoms with Crippen LogP contribution in [-0.4, -0.2) is 14.8 Å². The van der Waals surface area contributed by atoms with E-state index in [1.807, 2.05) is 59.4 Å². The van der Waals surface area contributed by atoms with Crippen molar-refractivity contribution in [2.24, 2.45) is 5.92 Å². The van der Waals surface area contributed by atoms with Crippen LogP contribution in [0.1, 0.15) is 13.8 Å². The Morgan fingerprint density at radius 3 is 2.05 bits per heavy atom. The Balaban J connectivity index is 2.09. The summed E-state index contributed by atoms with van der Waals surface area (Å²) >= 11 is 0. The highest BCUT2D eigenvalue weighted by molar-refractivity contribution is 5.63. The van der Waals surface area contributed by atoms with Crippen LogP contribution in [0.4, 0.5) is 0 Å². The monoisotopic (exact) mass is 289 g/mol. The molecule has 3 nitrogen and oxygen atoms in total. The molecule has 2 aromatic carbocycles. The molecule has 1 heterocycles. The number of hydrogen-bond acceptors (Lipinski definition) is 2. The predicted octanol–water partition coefficient (Wildman–Crippen LogP) is 4.74. The van der Waals surface area contributed by atoms with Crippen LogP contribution in [0.5, 0.6) is 0 Å². The number of rotatable bonds is 4. The lowest BCUT2D eigenvalue weighted by atomic mass is 10.2. The molecule has 1 aromatic heterocycles. The molecule has 0 spiro atoms. The van der Waals surface area contributed by atoms with E-state index in [0.29, 0.717) is 5.92 Å². The van der Waals surface area contributed by atoms with Crippen LogP contribution in [0.25, 0.3) is 29.0 Å². The van der Waals surface area contributed by atoms with Crippen molar-refractivity contribution in [1.82, 2.24) is 14.8 Å². The van der Waals surface area contributed by atoms with Crippen LogP contribution in [0.15, 0.2) is 66.7 Å². The highest BCUT2D eigenvalue weighted by atomic mass is 15.3. The van der Waals surface area contributed by atoms with E-state index in [9.17, 15) is 0 Å². The Hall–Kier alpha value is -2.68. The van der Waals surface area contributed by atoms with Crippen LogP contribution in [0.3, 0.4) is 0 Å². The van der Waals surface area contributed by atoms with E-state index in [1.165, 1.54) is 0 Å². The summed E-state index contributed by atoms with van der Waals surface area (Å²) in [6, 6.07) is 20.2. The number of allylic oxidation sites excluding steroid dienone is 1. The maximum Gasteiger partial charge on any atom is 0.182 e. The first-order chi connectivity index (χ1) is 10.7. The molecule has 3 aromatic rings. The lowest BCUT2D eigenvalue weighted by molar-refractivity contribution is 0.824. The van der Waals surface area contributed by atoms with Crippen molar-refractivity contribution in [3.8, 4) is 22.8 Å². The molecule has 0 aliphatic rings. The molecule has 0 saturated heterocycles. The van der Waals surface area contributed by atoms with E-state index in [4.69, 9.17) is 4.98 Å². The average molecular weight is 289 g/mol. The zero-order chi connectivity index (χ0) is 15.4. The molecule has 0 fully saturated rings. The summed E-state index contributed by atoms with van der Waals surface area (Å²) in [5.74, 6) is 2.07. The number of aromatic nitrogens is 3. The fourth-order valence-corrected chi connectivity index (χ4v) is 2.17. The van der Waals surface area contributed by atoms with Gasteiger partial charge in [-0.05, 0) is 5.92 Å². The molecule has 0 radical (unpaired) electrons. The van der Waals surface area contributed by atoms with Crippen molar-refractivity contribution < 1.29 is 0 Å². The van der Waals surface area contributed by atoms with Crippen molar-refractivity contribution in [1.29, 1.82) is 0 Å². The number of benzene rings is 2. The maximum atomic E-state index is 4.73. The molecule has 0 unspecified atom stereocenters. The summed E-state index contributed by atoms with van der Waals surface area (Å²) < 4.78 is 1.86. The van der Waals surface area contributed by atoms with E-state index in [0.717, 1.165) is 22.8 Å². The smallest absolute Gasteiger partial charge is 0.182 e. The van der Waals surface area contributed by atoms with Crippen molar-refractivity contribution in [2.45, 2.75) is 13.8 Å². The summed E-state index contributed by atoms with van der Waals surface area (Å²) in [7, 11) is 0. The highest BCUT2D eigenvalue weighted by Gasteiger charge is 2.11. The van der Waals surface area contributed by atoms with E-state index < -0.39 is 0 Å². The summed E-state index contributed by atoms with van der Waals surface area (Å²) in [5, 5.41) is 4.65. The maximum absolute atomic E-state index is 4.73. The van der Waals surface area contributed by atoms with Gasteiger partial charge >= 0.3 is 0 Å². The second-order valence-corrected chi connectivity index (χ2v) is 5.52. The normalized spacial score (nSPS) is 11.4. The van der Waals surface area contributed by atoms with E-state index >= 15 is 0 Å². The first-order valence-corrected chi connectivity index (χ1v) is 7.50. The SMILES string of the molecule is CC(C)/C=C/n1nc(-c2ccccc2)nc1-c1ccccc1. The molecule has 3 rings (SSSR count). The first kappa shape index (κ1) is 14.3. The third-order valence-corrected chi connectivity index (χ3v) is 3.31. The molecule has 0 atom stereocenters. The van der Waals surface area contributed by atoms with Gasteiger partial charge in [0.2, 0.25) is 0 Å². The van der Waals surface area contributed by atoms with Gasteiger partial charge in [0.25, 0.3) is 0 Å². The van der Waals surface area contributed by atoms with E-state index in [2.05, 4.69) is 37.2 Å². The van der Waals surface area contributed by atoms with Gasteiger partial charge in [0.05, 0.1) is 0 Å². The van der Waals surface area contributed by atoms with Gasteiger partial charge in [-0.15, -0.1) is 5.10 Å². The molecule has 0 aliphatic heterocycles. The van der Waals surface area contributed by atoms with Gasteiger partial charge in [-0.25, -0.2) is 9.67 Å². The van der Waals surface area contributed by atoms with E-state index in [-0.39, 0.29) is 0 Å². The molecule has 0 bridgehead atoms. The lowest BCUT2D eigenvalue weighted by Crippen LogP contribution is -1.94. The molecular formula is C19H19N3. The molecular weight excluding hydrogens is 270 g/mol. The molecule has 3 heteroatoms. The Bertz CT molecular complexity index is 756. The summed E-state index contributed by atoms with van der Waals surface area (Å²) in [5.41, 5.74) is 2.09. The number of hydrogen-bond donors (Lipinski definition) is 0. The Labute approximate surface area is 131 Å². The second kappa shape index (κ2) is 6.39. The van der Waals surface area contributed by atoms with Crippen molar-refractivity contribution in [2.75, 3.05) is 0 Å². The Kier molecular flexibility index (Phi) is 4.15. The van der Waals surface area contributed by atoms with Gasteiger partial charge in [-0.1, -0.05) is 80.6 Å². The van der Waals surface area contributed by atoms with Gasteiger partial charge in [0, 0.05) is 17.3 Å². The van der Waals surface area contributed by atoms with Crippen molar-refractivity contribution in [3.05, 3.63) is 66.7 Å². The van der Waals surface area contributed by atoms with Crippen LogP contribution in [-0.2, 0) is 0 Å². The zero-order valence-electron chi connectivity index (χ0n) is 12.8.